The Kier molecular flexibility index (Phi) is 10.4. The largest absolute Gasteiger partial charge is 0.504 e. The van der Waals surface area contributed by atoms with Gasteiger partial charge < -0.3 is 53.7 Å². The van der Waals surface area contributed by atoms with Crippen molar-refractivity contribution in [1.29, 1.82) is 0 Å². The number of nitrogens with zero attached hydrogens (tertiary/aromatic N) is 3. The molecule has 0 saturated carbocycles. The van der Waals surface area contributed by atoms with Crippen molar-refractivity contribution in [2.45, 2.75) is 0 Å². The third-order valence-electron chi connectivity index (χ3n) is 7.05. The van der Waals surface area contributed by atoms with Gasteiger partial charge in [0.25, 0.3) is 0 Å². The first kappa shape index (κ1) is 34.9. The number of para-hydroxylation sites is 11. The number of hydrogen-bond donors (Lipinski definition) is 5. The van der Waals surface area contributed by atoms with Gasteiger partial charge in [-0.3, -0.25) is 0 Å². The molecule has 2 atom stereocenters. The van der Waals surface area contributed by atoms with E-state index in [1.807, 2.05) is 0 Å². The number of hydrogen-bond acceptors (Lipinski definition) is 12. The highest BCUT2D eigenvalue weighted by Crippen LogP contribution is 2.50. The average molecular weight is 772 g/mol. The monoisotopic (exact) mass is 771 g/mol. The maximum Gasteiger partial charge on any atom is 0.319 e. The maximum absolute atomic E-state index is 10.8. The maximum atomic E-state index is 10.8. The molecule has 268 valence electrons. The molecule has 5 N–H and O–H groups in total. The first-order valence-corrected chi connectivity index (χ1v) is 18.7. The summed E-state index contributed by atoms with van der Waals surface area (Å²) in [6, 6.07) is 36.2. The predicted molar refractivity (Wildman–Crippen MR) is 197 cm³/mol. The van der Waals surface area contributed by atoms with Crippen LogP contribution >= 0.6 is 24.7 Å². The molecule has 1 aromatic heterocycles. The van der Waals surface area contributed by atoms with Crippen molar-refractivity contribution in [2.75, 3.05) is 0 Å². The van der Waals surface area contributed by atoms with E-state index in [-0.39, 0.29) is 83.3 Å². The zero-order valence-corrected chi connectivity index (χ0v) is 29.8. The number of benzene rings is 6. The van der Waals surface area contributed by atoms with Gasteiger partial charge in [-0.15, -0.1) is 4.51 Å². The Hall–Kier alpha value is -6.58. The van der Waals surface area contributed by atoms with Crippen LogP contribution in [-0.2, 0) is 0 Å². The Bertz CT molecular complexity index is 2420. The summed E-state index contributed by atoms with van der Waals surface area (Å²) in [6.07, 6.45) is 0. The van der Waals surface area contributed by atoms with Gasteiger partial charge in [0.1, 0.15) is 0 Å². The number of ether oxygens (including phenoxy) is 2. The van der Waals surface area contributed by atoms with Gasteiger partial charge in [-0.05, 0) is 77.1 Å². The van der Waals surface area contributed by atoms with Crippen molar-refractivity contribution in [3.63, 3.8) is 0 Å². The molecule has 0 aliphatic rings. The van der Waals surface area contributed by atoms with Crippen LogP contribution in [0, 0.1) is 0 Å². The van der Waals surface area contributed by atoms with Crippen LogP contribution in [-0.4, -0.2) is 38.6 Å². The number of aromatic hydroxyl groups is 5. The van der Waals surface area contributed by atoms with Crippen LogP contribution in [0.2, 0.25) is 0 Å². The summed E-state index contributed by atoms with van der Waals surface area (Å²) in [5.74, 6) is -0.309. The molecule has 0 radical (unpaired) electrons. The van der Waals surface area contributed by atoms with Crippen molar-refractivity contribution in [3.05, 3.63) is 140 Å². The van der Waals surface area contributed by atoms with Gasteiger partial charge in [0, 0.05) is 0 Å². The minimum absolute atomic E-state index is 0.00738. The van der Waals surface area contributed by atoms with Gasteiger partial charge in [-0.1, -0.05) is 71.0 Å². The minimum atomic E-state index is -2.32. The third-order valence-corrected chi connectivity index (χ3v) is 11.7. The lowest BCUT2D eigenvalue weighted by Gasteiger charge is -2.22. The summed E-state index contributed by atoms with van der Waals surface area (Å²) in [5, 5.41) is 53.1. The van der Waals surface area contributed by atoms with Crippen molar-refractivity contribution in [3.8, 4) is 74.7 Å². The van der Waals surface area contributed by atoms with Crippen LogP contribution in [0.25, 0.3) is 0 Å². The average Bonchev–Trinajstić information content (AvgIpc) is 3.16. The molecule has 1 heterocycles. The van der Waals surface area contributed by atoms with E-state index in [2.05, 4.69) is 4.51 Å². The Morgan fingerprint density at radius 3 is 1.42 bits per heavy atom. The van der Waals surface area contributed by atoms with E-state index in [0.29, 0.717) is 0 Å². The zero-order valence-electron chi connectivity index (χ0n) is 27.1. The van der Waals surface area contributed by atoms with E-state index in [9.17, 15) is 25.5 Å². The van der Waals surface area contributed by atoms with Crippen molar-refractivity contribution >= 4 is 24.7 Å². The molecule has 0 bridgehead atoms. The van der Waals surface area contributed by atoms with E-state index in [1.165, 1.54) is 51.0 Å². The highest BCUT2D eigenvalue weighted by molar-refractivity contribution is 7.56. The molecule has 0 saturated heterocycles. The summed E-state index contributed by atoms with van der Waals surface area (Å²) in [5.41, 5.74) is 0. The normalized spacial score (nSPS) is 11.5. The van der Waals surface area contributed by atoms with Gasteiger partial charge in [0.05, 0.1) is 0 Å². The zero-order chi connectivity index (χ0) is 36.7. The quantitative estimate of drug-likeness (QED) is 0.0795. The minimum Gasteiger partial charge on any atom is -0.504 e. The number of rotatable bonds is 12. The Labute approximate surface area is 305 Å². The summed E-state index contributed by atoms with van der Waals surface area (Å²) < 4.78 is 32.4. The molecule has 2 unspecified atom stereocenters. The standard InChI is InChI=1S/C36H28N3O11P3/c40-24-12-1-6-17-29(24)45-34-22-11-23-35(36(34)46-30-18-7-2-13-25(30)41)49-52-37-51-38(47-31-19-8-3-14-26(31)42)53(50-33-21-10-5-16-28(33)44)39(52)48-32-20-9-4-15-27(32)43/h1-23,40-44H. The lowest BCUT2D eigenvalue weighted by molar-refractivity contribution is 0.222. The number of aromatic nitrogens is 3. The van der Waals surface area contributed by atoms with E-state index in [4.69, 9.17) is 28.2 Å². The Balaban J connectivity index is 1.41. The molecule has 6 aromatic carbocycles. The van der Waals surface area contributed by atoms with E-state index >= 15 is 0 Å². The summed E-state index contributed by atoms with van der Waals surface area (Å²) >= 11 is 0. The molecule has 0 spiro atoms. The number of phenols is 5. The molecule has 0 amide bonds. The molecular weight excluding hydrogens is 743 g/mol. The SMILES string of the molecule is Oc1ccccc1Oc1cccc(Op2npn(Oc3ccccc3O)p(Oc3ccccc3O)n2Oc2ccccc2O)c1Oc1ccccc1O. The number of phenolic OH excluding ortho intramolecular Hbond substituents is 5. The van der Waals surface area contributed by atoms with Crippen LogP contribution < -0.4 is 28.2 Å². The first-order chi connectivity index (χ1) is 25.8. The van der Waals surface area contributed by atoms with Crippen LogP contribution in [0.5, 0.6) is 74.7 Å². The molecule has 0 aliphatic carbocycles. The van der Waals surface area contributed by atoms with Gasteiger partial charge in [0.15, 0.2) is 77.5 Å². The molecule has 14 nitrogen and oxygen atoms in total. The van der Waals surface area contributed by atoms with Crippen LogP contribution in [0.1, 0.15) is 0 Å². The highest BCUT2D eigenvalue weighted by atomic mass is 31.2. The molecule has 0 aliphatic heterocycles. The lowest BCUT2D eigenvalue weighted by atomic mass is 10.2. The van der Waals surface area contributed by atoms with E-state index in [0.717, 1.165) is 0 Å². The molecule has 53 heavy (non-hydrogen) atoms. The first-order valence-electron chi connectivity index (χ1n) is 15.6. The van der Waals surface area contributed by atoms with E-state index in [1.54, 1.807) is 97.1 Å². The van der Waals surface area contributed by atoms with Gasteiger partial charge in [0.2, 0.25) is 5.75 Å². The van der Waals surface area contributed by atoms with Crippen molar-refractivity contribution < 1.29 is 53.7 Å². The summed E-state index contributed by atoms with van der Waals surface area (Å²) in [7, 11) is -4.46. The summed E-state index contributed by atoms with van der Waals surface area (Å²) in [4.78, 5) is 12.4. The second-order valence-corrected chi connectivity index (χ2v) is 15.0. The topological polar surface area (TPSA) is 179 Å². The molecule has 7 aromatic rings. The lowest BCUT2D eigenvalue weighted by Crippen LogP contribution is -2.14. The molecular formula is C36H28N3O11P3. The fourth-order valence-corrected chi connectivity index (χ4v) is 9.48. The van der Waals surface area contributed by atoms with E-state index < -0.39 is 16.2 Å². The second-order valence-electron chi connectivity index (χ2n) is 10.7. The molecule has 17 heteroatoms. The molecule has 0 fully saturated rings. The Morgan fingerprint density at radius 2 is 0.868 bits per heavy atom. The Morgan fingerprint density at radius 1 is 0.434 bits per heavy atom. The smallest absolute Gasteiger partial charge is 0.319 e. The van der Waals surface area contributed by atoms with Gasteiger partial charge >= 0.3 is 16.2 Å². The van der Waals surface area contributed by atoms with Crippen LogP contribution in [0.3, 0.4) is 0 Å². The van der Waals surface area contributed by atoms with Crippen LogP contribution in [0.4, 0.5) is 0 Å². The fourth-order valence-electron chi connectivity index (χ4n) is 4.53. The molecule has 7 rings (SSSR count). The van der Waals surface area contributed by atoms with Crippen molar-refractivity contribution in [2.24, 2.45) is 0 Å². The fraction of sp³-hybridized carbons (Fsp3) is 0. The van der Waals surface area contributed by atoms with Crippen LogP contribution in [0.15, 0.2) is 140 Å². The second kappa shape index (κ2) is 15.8. The van der Waals surface area contributed by atoms with Gasteiger partial charge in [-0.25, -0.2) is 0 Å². The predicted octanol–water partition coefficient (Wildman–Crippen LogP) is 9.84. The van der Waals surface area contributed by atoms with Crippen molar-refractivity contribution in [1.82, 2.24) is 13.0 Å². The van der Waals surface area contributed by atoms with Gasteiger partial charge in [-0.2, -0.15) is 0 Å². The highest BCUT2D eigenvalue weighted by Gasteiger charge is 2.25. The summed E-state index contributed by atoms with van der Waals surface area (Å²) in [6.45, 7) is 0. The third kappa shape index (κ3) is 8.01.